The third-order valence-corrected chi connectivity index (χ3v) is 4.92. The van der Waals surface area contributed by atoms with Crippen molar-refractivity contribution in [1.82, 2.24) is 9.80 Å². The van der Waals surface area contributed by atoms with Crippen molar-refractivity contribution in [3.05, 3.63) is 53.5 Å². The summed E-state index contributed by atoms with van der Waals surface area (Å²) in [6.07, 6.45) is 1.99. The van der Waals surface area contributed by atoms with Gasteiger partial charge in [-0.15, -0.1) is 0 Å². The predicted octanol–water partition coefficient (Wildman–Crippen LogP) is 2.75. The molecule has 7 heteroatoms. The maximum Gasteiger partial charge on any atom is 0.289 e. The number of amides is 2. The molecule has 26 heavy (non-hydrogen) atoms. The second-order valence-electron chi connectivity index (χ2n) is 6.01. The van der Waals surface area contributed by atoms with Crippen LogP contribution in [0.1, 0.15) is 26.7 Å². The van der Waals surface area contributed by atoms with E-state index in [0.717, 1.165) is 17.3 Å². The molecule has 0 N–H and O–H groups in total. The molecule has 3 rings (SSSR count). The topological polar surface area (TPSA) is 63.0 Å². The van der Waals surface area contributed by atoms with Gasteiger partial charge in [0, 0.05) is 31.7 Å². The third-order valence-electron chi connectivity index (χ3n) is 4.35. The lowest BCUT2D eigenvalue weighted by molar-refractivity contribution is 0.0517. The predicted molar refractivity (Wildman–Crippen MR) is 101 cm³/mol. The number of hydrogen-bond donors (Lipinski definition) is 0. The van der Waals surface area contributed by atoms with Crippen LogP contribution >= 0.6 is 11.8 Å². The minimum Gasteiger partial charge on any atom is -0.497 e. The molecule has 0 saturated carbocycles. The highest BCUT2D eigenvalue weighted by Crippen LogP contribution is 2.17. The molecule has 0 atom stereocenters. The number of nitrogens with zero attached hydrogens (tertiary/aromatic N) is 2. The van der Waals surface area contributed by atoms with Crippen molar-refractivity contribution in [3.8, 4) is 5.75 Å². The molecule has 0 radical (unpaired) electrons. The first-order chi connectivity index (χ1) is 12.6. The average molecular weight is 374 g/mol. The third kappa shape index (κ3) is 4.04. The van der Waals surface area contributed by atoms with Crippen molar-refractivity contribution in [2.24, 2.45) is 0 Å². The molecular formula is C19H22N2O4S. The Kier molecular flexibility index (Phi) is 5.88. The van der Waals surface area contributed by atoms with Crippen LogP contribution in [0.4, 0.5) is 0 Å². The summed E-state index contributed by atoms with van der Waals surface area (Å²) in [6, 6.07) is 10.6. The highest BCUT2D eigenvalue weighted by Gasteiger charge is 2.27. The summed E-state index contributed by atoms with van der Waals surface area (Å²) in [5.41, 5.74) is 0.623. The van der Waals surface area contributed by atoms with Crippen LogP contribution in [0.3, 0.4) is 0 Å². The number of carbonyl (C=O) groups excluding carboxylic acids is 2. The lowest BCUT2D eigenvalue weighted by Crippen LogP contribution is -2.50. The molecule has 2 aromatic rings. The van der Waals surface area contributed by atoms with Crippen molar-refractivity contribution in [2.45, 2.75) is 5.75 Å². The number of carbonyl (C=O) groups is 2. The van der Waals surface area contributed by atoms with Crippen LogP contribution in [0.5, 0.6) is 5.75 Å². The van der Waals surface area contributed by atoms with E-state index >= 15 is 0 Å². The molecule has 1 fully saturated rings. The van der Waals surface area contributed by atoms with Gasteiger partial charge in [-0.05, 0) is 42.7 Å². The molecule has 1 aromatic heterocycles. The maximum absolute atomic E-state index is 12.6. The molecule has 2 amide bonds. The van der Waals surface area contributed by atoms with Gasteiger partial charge in [0.25, 0.3) is 11.8 Å². The van der Waals surface area contributed by atoms with E-state index in [1.807, 2.05) is 12.3 Å². The first kappa shape index (κ1) is 18.4. The van der Waals surface area contributed by atoms with E-state index in [-0.39, 0.29) is 11.8 Å². The monoisotopic (exact) mass is 374 g/mol. The van der Waals surface area contributed by atoms with Crippen molar-refractivity contribution < 1.29 is 18.7 Å². The zero-order valence-corrected chi connectivity index (χ0v) is 15.8. The van der Waals surface area contributed by atoms with Crippen molar-refractivity contribution in [1.29, 1.82) is 0 Å². The number of benzene rings is 1. The first-order valence-corrected chi connectivity index (χ1v) is 9.82. The number of rotatable bonds is 5. The van der Waals surface area contributed by atoms with E-state index in [1.165, 1.54) is 0 Å². The second kappa shape index (κ2) is 8.31. The van der Waals surface area contributed by atoms with Crippen molar-refractivity contribution in [2.75, 3.05) is 39.5 Å². The lowest BCUT2D eigenvalue weighted by Gasteiger charge is -2.34. The zero-order valence-electron chi connectivity index (χ0n) is 14.9. The van der Waals surface area contributed by atoms with Gasteiger partial charge in [-0.25, -0.2) is 0 Å². The molecule has 1 aliphatic rings. The number of ether oxygens (including phenoxy) is 1. The molecule has 2 heterocycles. The Labute approximate surface area is 157 Å². The van der Waals surface area contributed by atoms with Crippen LogP contribution in [-0.4, -0.2) is 61.2 Å². The minimum absolute atomic E-state index is 0.0278. The van der Waals surface area contributed by atoms with Gasteiger partial charge in [0.15, 0.2) is 5.76 Å². The summed E-state index contributed by atoms with van der Waals surface area (Å²) in [6.45, 7) is 2.02. The van der Waals surface area contributed by atoms with Gasteiger partial charge in [0.1, 0.15) is 11.5 Å². The Morgan fingerprint density at radius 3 is 2.19 bits per heavy atom. The highest BCUT2D eigenvalue weighted by atomic mass is 32.2. The molecule has 0 spiro atoms. The van der Waals surface area contributed by atoms with Gasteiger partial charge in [0.2, 0.25) is 0 Å². The largest absolute Gasteiger partial charge is 0.497 e. The van der Waals surface area contributed by atoms with E-state index in [4.69, 9.17) is 9.15 Å². The minimum atomic E-state index is -0.117. The van der Waals surface area contributed by atoms with Crippen LogP contribution in [0, 0.1) is 0 Å². The van der Waals surface area contributed by atoms with E-state index < -0.39 is 0 Å². The Balaban J connectivity index is 1.57. The van der Waals surface area contributed by atoms with Crippen LogP contribution in [0.2, 0.25) is 0 Å². The summed E-state index contributed by atoms with van der Waals surface area (Å²) in [5, 5.41) is 0. The zero-order chi connectivity index (χ0) is 18.5. The van der Waals surface area contributed by atoms with E-state index in [2.05, 4.69) is 0 Å². The Morgan fingerprint density at radius 1 is 1.00 bits per heavy atom. The molecule has 0 aliphatic carbocycles. The quantitative estimate of drug-likeness (QED) is 0.805. The molecule has 6 nitrogen and oxygen atoms in total. The number of furan rings is 1. The van der Waals surface area contributed by atoms with E-state index in [0.29, 0.717) is 37.5 Å². The normalized spacial score (nSPS) is 14.4. The molecule has 1 aliphatic heterocycles. The highest BCUT2D eigenvalue weighted by molar-refractivity contribution is 7.97. The van der Waals surface area contributed by atoms with E-state index in [1.54, 1.807) is 59.0 Å². The summed E-state index contributed by atoms with van der Waals surface area (Å²) >= 11 is 1.65. The maximum atomic E-state index is 12.6. The van der Waals surface area contributed by atoms with Gasteiger partial charge >= 0.3 is 0 Å². The summed E-state index contributed by atoms with van der Waals surface area (Å²) in [5.74, 6) is 2.49. The molecule has 1 saturated heterocycles. The number of methoxy groups -OCH3 is 1. The number of piperazine rings is 1. The second-order valence-corrected chi connectivity index (χ2v) is 6.88. The van der Waals surface area contributed by atoms with E-state index in [9.17, 15) is 9.59 Å². The van der Waals surface area contributed by atoms with Crippen molar-refractivity contribution in [3.63, 3.8) is 0 Å². The van der Waals surface area contributed by atoms with Gasteiger partial charge in [-0.1, -0.05) is 0 Å². The van der Waals surface area contributed by atoms with Crippen LogP contribution < -0.4 is 4.74 Å². The summed E-state index contributed by atoms with van der Waals surface area (Å²) in [4.78, 5) is 28.6. The summed E-state index contributed by atoms with van der Waals surface area (Å²) in [7, 11) is 1.59. The summed E-state index contributed by atoms with van der Waals surface area (Å²) < 4.78 is 10.7. The van der Waals surface area contributed by atoms with Gasteiger partial charge in [-0.3, -0.25) is 9.59 Å². The first-order valence-electron chi connectivity index (χ1n) is 8.42. The van der Waals surface area contributed by atoms with Crippen LogP contribution in [-0.2, 0) is 5.75 Å². The fraction of sp³-hybridized carbons (Fsp3) is 0.368. The SMILES string of the molecule is COc1ccc(C(=O)N2CCN(C(=O)c3ccc(CSC)o3)CC2)cc1. The molecule has 0 bridgehead atoms. The number of hydrogen-bond acceptors (Lipinski definition) is 5. The Morgan fingerprint density at radius 2 is 1.62 bits per heavy atom. The van der Waals surface area contributed by atoms with Gasteiger partial charge < -0.3 is 19.0 Å². The fourth-order valence-corrected chi connectivity index (χ4v) is 3.34. The number of thioether (sulfide) groups is 1. The Hall–Kier alpha value is -2.41. The van der Waals surface area contributed by atoms with Gasteiger partial charge in [-0.2, -0.15) is 11.8 Å². The molecule has 1 aromatic carbocycles. The Bertz CT molecular complexity index is 764. The molecular weight excluding hydrogens is 352 g/mol. The van der Waals surface area contributed by atoms with Crippen LogP contribution in [0.15, 0.2) is 40.8 Å². The van der Waals surface area contributed by atoms with Crippen molar-refractivity contribution >= 4 is 23.6 Å². The van der Waals surface area contributed by atoms with Crippen LogP contribution in [0.25, 0.3) is 0 Å². The molecule has 138 valence electrons. The van der Waals surface area contributed by atoms with Gasteiger partial charge in [0.05, 0.1) is 12.9 Å². The smallest absolute Gasteiger partial charge is 0.289 e. The fourth-order valence-electron chi connectivity index (χ4n) is 2.90. The average Bonchev–Trinajstić information content (AvgIpc) is 3.16. The lowest BCUT2D eigenvalue weighted by atomic mass is 10.1. The molecule has 0 unspecified atom stereocenters. The standard InChI is InChI=1S/C19H22N2O4S/c1-24-15-5-3-14(4-6-15)18(22)20-9-11-21(12-10-20)19(23)17-8-7-16(25-17)13-26-2/h3-8H,9-13H2,1-2H3.